The molecule has 1 aliphatic carbocycles. The molecule has 1 nitrogen and oxygen atoms in total. The van der Waals surface area contributed by atoms with Crippen LogP contribution in [0.5, 0.6) is 0 Å². The molecule has 0 saturated carbocycles. The van der Waals surface area contributed by atoms with E-state index in [1.807, 2.05) is 38.1 Å². The van der Waals surface area contributed by atoms with E-state index in [1.165, 1.54) is 101 Å². The monoisotopic (exact) mass is 781 g/mol. The van der Waals surface area contributed by atoms with E-state index in [9.17, 15) is 0 Å². The maximum absolute atomic E-state index is 2.50. The number of benzene rings is 9. The van der Waals surface area contributed by atoms with Gasteiger partial charge in [0.1, 0.15) is 0 Å². The summed E-state index contributed by atoms with van der Waals surface area (Å²) < 4.78 is 0. The van der Waals surface area contributed by atoms with Gasteiger partial charge < -0.3 is 4.90 Å². The average molecular weight is 782 g/mol. The van der Waals surface area contributed by atoms with Crippen molar-refractivity contribution in [2.24, 2.45) is 0 Å². The molecule has 9 aromatic carbocycles. The lowest BCUT2D eigenvalue weighted by atomic mass is 9.78. The predicted molar refractivity (Wildman–Crippen MR) is 264 cm³/mol. The Morgan fingerprint density at radius 2 is 0.750 bits per heavy atom. The van der Waals surface area contributed by atoms with Crippen LogP contribution < -0.4 is 4.90 Å². The van der Waals surface area contributed by atoms with Gasteiger partial charge in [0.15, 0.2) is 0 Å². The fourth-order valence-electron chi connectivity index (χ4n) is 8.77. The van der Waals surface area contributed by atoms with Crippen molar-refractivity contribution >= 4 is 49.4 Å². The van der Waals surface area contributed by atoms with Crippen LogP contribution in [0.2, 0.25) is 0 Å². The lowest BCUT2D eigenvalue weighted by molar-refractivity contribution is 0.688. The van der Waals surface area contributed by atoms with E-state index in [0.29, 0.717) is 5.92 Å². The molecule has 0 saturated heterocycles. The van der Waals surface area contributed by atoms with E-state index in [2.05, 4.69) is 202 Å². The first kappa shape index (κ1) is 41.7. The Labute approximate surface area is 359 Å². The molecule has 1 aliphatic rings. The Kier molecular flexibility index (Phi) is 13.9. The minimum Gasteiger partial charge on any atom is -0.310 e. The molecule has 300 valence electrons. The number of aryl methyl sites for hydroxylation is 2. The van der Waals surface area contributed by atoms with E-state index in [0.717, 1.165) is 12.8 Å². The zero-order valence-electron chi connectivity index (χ0n) is 36.3. The molecule has 0 atom stereocenters. The minimum atomic E-state index is 0.659. The number of nitrogens with zero attached hydrogens (tertiary/aromatic N) is 1. The van der Waals surface area contributed by atoms with Gasteiger partial charge in [-0.05, 0) is 130 Å². The molecule has 1 heteroatoms. The van der Waals surface area contributed by atoms with Crippen molar-refractivity contribution in [1.29, 1.82) is 0 Å². The highest BCUT2D eigenvalue weighted by atomic mass is 15.1. The van der Waals surface area contributed by atoms with Crippen molar-refractivity contribution in [3.63, 3.8) is 0 Å². The van der Waals surface area contributed by atoms with Crippen molar-refractivity contribution in [1.82, 2.24) is 0 Å². The second kappa shape index (κ2) is 20.0. The fraction of sp³-hybridized carbons (Fsp3) is 0.186. The van der Waals surface area contributed by atoms with Crippen molar-refractivity contribution in [2.45, 2.75) is 73.1 Å². The molecule has 10 rings (SSSR count). The van der Waals surface area contributed by atoms with Crippen LogP contribution in [0.3, 0.4) is 0 Å². The maximum Gasteiger partial charge on any atom is 0.0575 e. The number of para-hydroxylation sites is 2. The quantitative estimate of drug-likeness (QED) is 0.157. The molecule has 0 amide bonds. The van der Waals surface area contributed by atoms with E-state index < -0.39 is 0 Å². The highest BCUT2D eigenvalue weighted by molar-refractivity contribution is 6.21. The molecule has 0 radical (unpaired) electrons. The average Bonchev–Trinajstić information content (AvgIpc) is 3.32. The smallest absolute Gasteiger partial charge is 0.0575 e. The summed E-state index contributed by atoms with van der Waals surface area (Å²) in [5, 5.41) is 8.04. The summed E-state index contributed by atoms with van der Waals surface area (Å²) in [6.07, 6.45) is 4.61. The molecule has 60 heavy (non-hydrogen) atoms. The number of anilines is 3. The highest BCUT2D eigenvalue weighted by Crippen LogP contribution is 2.51. The van der Waals surface area contributed by atoms with Gasteiger partial charge in [-0.15, -0.1) is 0 Å². The third kappa shape index (κ3) is 8.92. The Hall–Kier alpha value is -6.44. The van der Waals surface area contributed by atoms with Gasteiger partial charge in [-0.2, -0.15) is 0 Å². The summed E-state index contributed by atoms with van der Waals surface area (Å²) in [5.41, 5.74) is 13.7. The summed E-state index contributed by atoms with van der Waals surface area (Å²) in [5.74, 6) is 0.659. The van der Waals surface area contributed by atoms with Crippen molar-refractivity contribution in [3.8, 4) is 11.1 Å². The van der Waals surface area contributed by atoms with Crippen LogP contribution in [-0.4, -0.2) is 0 Å². The van der Waals surface area contributed by atoms with Crippen LogP contribution in [0.1, 0.15) is 74.3 Å². The molecule has 0 spiro atoms. The van der Waals surface area contributed by atoms with Crippen LogP contribution >= 0.6 is 0 Å². The topological polar surface area (TPSA) is 3.24 Å². The van der Waals surface area contributed by atoms with Crippen LogP contribution in [0.15, 0.2) is 194 Å². The van der Waals surface area contributed by atoms with Crippen LogP contribution in [-0.2, 0) is 12.8 Å². The number of hydrogen-bond acceptors (Lipinski definition) is 1. The van der Waals surface area contributed by atoms with E-state index >= 15 is 0 Å². The minimum absolute atomic E-state index is 0.659. The van der Waals surface area contributed by atoms with Gasteiger partial charge in [-0.1, -0.05) is 203 Å². The lowest BCUT2D eigenvalue weighted by Gasteiger charge is -2.34. The van der Waals surface area contributed by atoms with Gasteiger partial charge in [-0.25, -0.2) is 0 Å². The number of hydrogen-bond donors (Lipinski definition) is 0. The van der Waals surface area contributed by atoms with Crippen LogP contribution in [0.4, 0.5) is 17.1 Å². The van der Waals surface area contributed by atoms with E-state index in [-0.39, 0.29) is 0 Å². The summed E-state index contributed by atoms with van der Waals surface area (Å²) in [4.78, 5) is 2.50. The molecule has 0 aliphatic heterocycles. The van der Waals surface area contributed by atoms with Gasteiger partial charge in [0.2, 0.25) is 0 Å². The Bertz CT molecular complexity index is 2650. The molecule has 0 N–H and O–H groups in total. The first-order valence-electron chi connectivity index (χ1n) is 21.9. The normalized spacial score (nSPS) is 11.7. The molecule has 0 unspecified atom stereocenters. The standard InChI is InChI=1S/C41H33N.C9H12.C7H8.C2H6/c1-28-31-20-8-10-22-33(31)39(34-23-11-9-21-32(28)34)40-35-24-12-14-26-37(35)41(38-27-15-13-25-36(38)40)42(29-16-4-2-5-17-29)30-18-6-3-7-19-30;1-8(2)9-6-4-3-5-7-9;1-7-5-3-2-4-6-7;1-2/h2-12,14,16-24,26H,13,15,25,27H2,1H3;3-8H,1-2H3;2-6H,1H3;1-2H3. The highest BCUT2D eigenvalue weighted by Gasteiger charge is 2.28. The number of rotatable bonds is 5. The molecule has 0 bridgehead atoms. The van der Waals surface area contributed by atoms with Gasteiger partial charge >= 0.3 is 0 Å². The Morgan fingerprint density at radius 1 is 0.383 bits per heavy atom. The second-order valence-electron chi connectivity index (χ2n) is 15.8. The number of fused-ring (bicyclic) bond motifs is 4. The van der Waals surface area contributed by atoms with Gasteiger partial charge in [0.05, 0.1) is 5.69 Å². The molecule has 0 aromatic heterocycles. The summed E-state index contributed by atoms with van der Waals surface area (Å²) in [7, 11) is 0. The summed E-state index contributed by atoms with van der Waals surface area (Å²) in [6.45, 7) is 12.8. The van der Waals surface area contributed by atoms with Crippen molar-refractivity contribution in [3.05, 3.63) is 222 Å². The second-order valence-corrected chi connectivity index (χ2v) is 15.8. The van der Waals surface area contributed by atoms with Crippen LogP contribution in [0, 0.1) is 13.8 Å². The van der Waals surface area contributed by atoms with Crippen molar-refractivity contribution < 1.29 is 0 Å². The van der Waals surface area contributed by atoms with Gasteiger partial charge in [0.25, 0.3) is 0 Å². The van der Waals surface area contributed by atoms with Crippen LogP contribution in [0.25, 0.3) is 43.4 Å². The van der Waals surface area contributed by atoms with Crippen molar-refractivity contribution in [2.75, 3.05) is 4.90 Å². The summed E-state index contributed by atoms with van der Waals surface area (Å²) in [6, 6.07) is 69.8. The van der Waals surface area contributed by atoms with E-state index in [4.69, 9.17) is 0 Å². The maximum atomic E-state index is 2.50. The molecule has 9 aromatic rings. The zero-order valence-corrected chi connectivity index (χ0v) is 36.3. The van der Waals surface area contributed by atoms with Gasteiger partial charge in [0, 0.05) is 16.8 Å². The zero-order chi connectivity index (χ0) is 41.8. The molecular weight excluding hydrogens is 723 g/mol. The largest absolute Gasteiger partial charge is 0.310 e. The third-order valence-electron chi connectivity index (χ3n) is 11.6. The first-order valence-corrected chi connectivity index (χ1v) is 21.9. The molecule has 0 fully saturated rings. The van der Waals surface area contributed by atoms with Gasteiger partial charge in [-0.3, -0.25) is 0 Å². The third-order valence-corrected chi connectivity index (χ3v) is 11.6. The SMILES string of the molecule is CC.CC(C)c1ccccc1.Cc1c2ccccc2c(-c2c3c(c(N(c4ccccc4)c4ccccc4)c4ccccc24)CCCC3)c2ccccc12.Cc1ccccc1. The predicted octanol–water partition coefficient (Wildman–Crippen LogP) is 17.3. The molecule has 0 heterocycles. The van der Waals surface area contributed by atoms with E-state index in [1.54, 1.807) is 0 Å². The Balaban J connectivity index is 0.000000251. The lowest BCUT2D eigenvalue weighted by Crippen LogP contribution is -2.17. The Morgan fingerprint density at radius 3 is 1.17 bits per heavy atom. The summed E-state index contributed by atoms with van der Waals surface area (Å²) >= 11 is 0. The fourth-order valence-corrected chi connectivity index (χ4v) is 8.77. The molecular formula is C59H59N. The first-order chi connectivity index (χ1) is 29.5.